The minimum absolute atomic E-state index is 0.0787. The number of Topliss-reactive ketones (excluding diaryl/α,β-unsaturated/α-hetero) is 1. The summed E-state index contributed by atoms with van der Waals surface area (Å²) in [5, 5.41) is 0.838. The van der Waals surface area contributed by atoms with Crippen LogP contribution in [0.2, 0.25) is 10.0 Å². The van der Waals surface area contributed by atoms with Crippen LogP contribution in [0.4, 0.5) is 0 Å². The second-order valence-corrected chi connectivity index (χ2v) is 5.66. The Morgan fingerprint density at radius 2 is 2.13 bits per heavy atom. The van der Waals surface area contributed by atoms with E-state index < -0.39 is 0 Å². The van der Waals surface area contributed by atoms with Gasteiger partial charge in [0.05, 0.1) is 23.7 Å². The summed E-state index contributed by atoms with van der Waals surface area (Å²) < 4.78 is 7.11. The number of methoxy groups -OCH3 is 1. The number of rotatable bonds is 4. The van der Waals surface area contributed by atoms with Gasteiger partial charge < -0.3 is 14.9 Å². The Kier molecular flexibility index (Phi) is 4.26. The number of ether oxygens (including phenoxy) is 1. The van der Waals surface area contributed by atoms with Gasteiger partial charge in [0.2, 0.25) is 0 Å². The van der Waals surface area contributed by atoms with Crippen molar-refractivity contribution in [2.24, 2.45) is 5.73 Å². The van der Waals surface area contributed by atoms with E-state index in [1.807, 2.05) is 12.1 Å². The number of fused-ring (bicyclic) bond motifs is 1. The number of halogens is 2. The summed E-state index contributed by atoms with van der Waals surface area (Å²) in [6, 6.07) is 7.10. The van der Waals surface area contributed by atoms with Crippen LogP contribution in [0.5, 0.6) is 5.75 Å². The molecule has 2 heterocycles. The highest BCUT2D eigenvalue weighted by Crippen LogP contribution is 2.40. The average molecular weight is 350 g/mol. The van der Waals surface area contributed by atoms with Crippen molar-refractivity contribution in [1.82, 2.24) is 9.38 Å². The molecule has 0 atom stereocenters. The van der Waals surface area contributed by atoms with E-state index in [1.165, 1.54) is 0 Å². The van der Waals surface area contributed by atoms with Crippen molar-refractivity contribution in [3.63, 3.8) is 0 Å². The molecular formula is C16H13Cl2N3O2. The molecule has 7 heteroatoms. The fraction of sp³-hybridized carbons (Fsp3) is 0.125. The van der Waals surface area contributed by atoms with Gasteiger partial charge in [-0.15, -0.1) is 0 Å². The smallest absolute Gasteiger partial charge is 0.196 e. The molecule has 118 valence electrons. The van der Waals surface area contributed by atoms with Crippen LogP contribution in [0.15, 0.2) is 36.7 Å². The molecule has 23 heavy (non-hydrogen) atoms. The van der Waals surface area contributed by atoms with Crippen molar-refractivity contribution < 1.29 is 9.53 Å². The van der Waals surface area contributed by atoms with Crippen LogP contribution in [0.25, 0.3) is 16.8 Å². The minimum Gasteiger partial charge on any atom is -0.496 e. The van der Waals surface area contributed by atoms with Crippen molar-refractivity contribution >= 4 is 34.6 Å². The van der Waals surface area contributed by atoms with Gasteiger partial charge in [-0.1, -0.05) is 23.2 Å². The Morgan fingerprint density at radius 3 is 2.83 bits per heavy atom. The molecule has 3 aromatic rings. The summed E-state index contributed by atoms with van der Waals surface area (Å²) in [7, 11) is 1.56. The van der Waals surface area contributed by atoms with Gasteiger partial charge in [0.15, 0.2) is 5.78 Å². The zero-order valence-corrected chi connectivity index (χ0v) is 13.7. The Balaban J connectivity index is 2.18. The molecule has 0 aliphatic carbocycles. The second kappa shape index (κ2) is 6.20. The molecule has 3 rings (SSSR count). The Labute approximate surface area is 142 Å². The lowest BCUT2D eigenvalue weighted by atomic mass is 10.1. The van der Waals surface area contributed by atoms with Gasteiger partial charge in [-0.25, -0.2) is 4.98 Å². The molecule has 5 nitrogen and oxygen atoms in total. The second-order valence-electron chi connectivity index (χ2n) is 4.87. The number of hydrogen-bond acceptors (Lipinski definition) is 4. The summed E-state index contributed by atoms with van der Waals surface area (Å²) in [5.74, 6) is 0.391. The van der Waals surface area contributed by atoms with Gasteiger partial charge in [-0.2, -0.15) is 0 Å². The van der Waals surface area contributed by atoms with Crippen molar-refractivity contribution in [2.75, 3.05) is 13.7 Å². The summed E-state index contributed by atoms with van der Waals surface area (Å²) in [6.07, 6.45) is 3.44. The van der Waals surface area contributed by atoms with Gasteiger partial charge in [0.25, 0.3) is 0 Å². The maximum absolute atomic E-state index is 11.7. The first-order valence-electron chi connectivity index (χ1n) is 6.79. The summed E-state index contributed by atoms with van der Waals surface area (Å²) in [5.41, 5.74) is 7.78. The zero-order chi connectivity index (χ0) is 16.6. The minimum atomic E-state index is -0.214. The molecule has 1 aromatic carbocycles. The Hall–Kier alpha value is -2.08. The van der Waals surface area contributed by atoms with E-state index >= 15 is 0 Å². The highest BCUT2D eigenvalue weighted by molar-refractivity contribution is 6.44. The third-order valence-electron chi connectivity index (χ3n) is 3.50. The Morgan fingerprint density at radius 1 is 1.35 bits per heavy atom. The normalized spacial score (nSPS) is 11.0. The van der Waals surface area contributed by atoms with Crippen molar-refractivity contribution in [3.05, 3.63) is 52.4 Å². The van der Waals surface area contributed by atoms with E-state index in [2.05, 4.69) is 4.98 Å². The quantitative estimate of drug-likeness (QED) is 0.732. The van der Waals surface area contributed by atoms with E-state index in [0.717, 1.165) is 5.56 Å². The summed E-state index contributed by atoms with van der Waals surface area (Å²) in [4.78, 5) is 16.0. The van der Waals surface area contributed by atoms with E-state index in [0.29, 0.717) is 32.7 Å². The number of ketones is 1. The Bertz CT molecular complexity index is 906. The largest absolute Gasteiger partial charge is 0.496 e. The fourth-order valence-corrected chi connectivity index (χ4v) is 2.77. The van der Waals surface area contributed by atoms with Crippen LogP contribution in [0, 0.1) is 0 Å². The summed E-state index contributed by atoms with van der Waals surface area (Å²) >= 11 is 12.4. The lowest BCUT2D eigenvalue weighted by Gasteiger charge is -2.12. The monoisotopic (exact) mass is 349 g/mol. The van der Waals surface area contributed by atoms with Crippen LogP contribution in [-0.4, -0.2) is 28.8 Å². The molecule has 0 aliphatic rings. The first-order valence-corrected chi connectivity index (χ1v) is 7.55. The first-order chi connectivity index (χ1) is 11.0. The van der Waals surface area contributed by atoms with E-state index in [9.17, 15) is 4.79 Å². The molecule has 2 aromatic heterocycles. The molecule has 0 saturated heterocycles. The number of carbonyl (C=O) groups excluding carboxylic acids is 1. The van der Waals surface area contributed by atoms with Crippen LogP contribution >= 0.6 is 23.2 Å². The summed E-state index contributed by atoms with van der Waals surface area (Å²) in [6.45, 7) is -0.0787. The standard InChI is InChI=1S/C16H13Cl2N3O2/c1-23-13-3-2-10(17)16(18)15(13)9-4-5-21-8-11(12(22)7-19)20-14(21)6-9/h2-6,8H,7,19H2,1H3. The lowest BCUT2D eigenvalue weighted by Crippen LogP contribution is -2.13. The third-order valence-corrected chi connectivity index (χ3v) is 4.30. The van der Waals surface area contributed by atoms with Crippen molar-refractivity contribution in [3.8, 4) is 16.9 Å². The highest BCUT2D eigenvalue weighted by Gasteiger charge is 2.15. The maximum Gasteiger partial charge on any atom is 0.196 e. The number of nitrogens with zero attached hydrogens (tertiary/aromatic N) is 2. The molecule has 0 aliphatic heterocycles. The molecule has 0 saturated carbocycles. The van der Waals surface area contributed by atoms with E-state index in [4.69, 9.17) is 33.7 Å². The highest BCUT2D eigenvalue weighted by atomic mass is 35.5. The predicted molar refractivity (Wildman–Crippen MR) is 90.6 cm³/mol. The van der Waals surface area contributed by atoms with Crippen LogP contribution in [0.3, 0.4) is 0 Å². The molecule has 0 bridgehead atoms. The van der Waals surface area contributed by atoms with Gasteiger partial charge >= 0.3 is 0 Å². The fourth-order valence-electron chi connectivity index (χ4n) is 2.35. The molecule has 0 radical (unpaired) electrons. The maximum atomic E-state index is 11.7. The number of imidazole rings is 1. The van der Waals surface area contributed by atoms with E-state index in [1.54, 1.807) is 36.0 Å². The van der Waals surface area contributed by atoms with Crippen molar-refractivity contribution in [1.29, 1.82) is 0 Å². The van der Waals surface area contributed by atoms with Crippen LogP contribution in [0.1, 0.15) is 10.5 Å². The van der Waals surface area contributed by atoms with Crippen LogP contribution < -0.4 is 10.5 Å². The van der Waals surface area contributed by atoms with Crippen molar-refractivity contribution in [2.45, 2.75) is 0 Å². The third kappa shape index (κ3) is 2.79. The number of benzene rings is 1. The molecular weight excluding hydrogens is 337 g/mol. The van der Waals surface area contributed by atoms with Gasteiger partial charge in [-0.05, 0) is 29.8 Å². The number of pyridine rings is 1. The first kappa shape index (κ1) is 15.8. The molecule has 2 N–H and O–H groups in total. The number of aromatic nitrogens is 2. The van der Waals surface area contributed by atoms with E-state index in [-0.39, 0.29) is 12.3 Å². The predicted octanol–water partition coefficient (Wildman–Crippen LogP) is 3.46. The average Bonchev–Trinajstić information content (AvgIpc) is 2.99. The topological polar surface area (TPSA) is 69.6 Å². The van der Waals surface area contributed by atoms with Gasteiger partial charge in [-0.3, -0.25) is 4.79 Å². The SMILES string of the molecule is COc1ccc(Cl)c(Cl)c1-c1ccn2cc(C(=O)CN)nc2c1. The molecule has 0 unspecified atom stereocenters. The van der Waals surface area contributed by atoms with Gasteiger partial charge in [0, 0.05) is 18.0 Å². The molecule has 0 amide bonds. The van der Waals surface area contributed by atoms with Gasteiger partial charge in [0.1, 0.15) is 17.1 Å². The number of carbonyl (C=O) groups is 1. The van der Waals surface area contributed by atoms with Crippen LogP contribution in [-0.2, 0) is 0 Å². The number of nitrogens with two attached hydrogens (primary N) is 1. The molecule has 0 fully saturated rings. The molecule has 0 spiro atoms. The lowest BCUT2D eigenvalue weighted by molar-refractivity contribution is 0.0997. The number of hydrogen-bond donors (Lipinski definition) is 1. The zero-order valence-electron chi connectivity index (χ0n) is 12.2.